The van der Waals surface area contributed by atoms with Gasteiger partial charge in [-0.25, -0.2) is 9.18 Å². The van der Waals surface area contributed by atoms with Crippen LogP contribution in [0.1, 0.15) is 20.8 Å². The zero-order valence-electron chi connectivity index (χ0n) is 14.2. The molecular formula is C16H19FN4O4. The highest BCUT2D eigenvalue weighted by atomic mass is 19.1. The summed E-state index contributed by atoms with van der Waals surface area (Å²) < 4.78 is 20.0. The van der Waals surface area contributed by atoms with Gasteiger partial charge in [-0.3, -0.25) is 14.8 Å². The zero-order chi connectivity index (χ0) is 18.6. The van der Waals surface area contributed by atoms with Gasteiger partial charge in [-0.05, 0) is 32.9 Å². The van der Waals surface area contributed by atoms with Gasteiger partial charge in [0.1, 0.15) is 11.4 Å². The number of hydrogen-bond acceptors (Lipinski definition) is 5. The van der Waals surface area contributed by atoms with E-state index in [1.54, 1.807) is 27.0 Å². The molecule has 8 nitrogen and oxygen atoms in total. The third-order valence-electron chi connectivity index (χ3n) is 3.11. The van der Waals surface area contributed by atoms with E-state index in [1.165, 1.54) is 10.9 Å². The molecule has 1 aromatic heterocycles. The summed E-state index contributed by atoms with van der Waals surface area (Å²) in [6.45, 7) is 5.89. The average molecular weight is 350 g/mol. The number of benzene rings is 1. The van der Waals surface area contributed by atoms with Gasteiger partial charge in [-0.1, -0.05) is 0 Å². The third-order valence-corrected chi connectivity index (χ3v) is 3.11. The van der Waals surface area contributed by atoms with E-state index in [9.17, 15) is 19.3 Å². The number of rotatable bonds is 5. The largest absolute Gasteiger partial charge is 0.444 e. The lowest BCUT2D eigenvalue weighted by atomic mass is 10.1. The molecule has 25 heavy (non-hydrogen) atoms. The summed E-state index contributed by atoms with van der Waals surface area (Å²) >= 11 is 0. The molecule has 0 saturated heterocycles. The molecule has 0 saturated carbocycles. The van der Waals surface area contributed by atoms with Crippen LogP contribution in [0.25, 0.3) is 11.1 Å². The van der Waals surface area contributed by atoms with Crippen molar-refractivity contribution >= 4 is 11.8 Å². The molecule has 1 heterocycles. The number of carbonyl (C=O) groups excluding carboxylic acids is 1. The molecule has 0 aliphatic rings. The summed E-state index contributed by atoms with van der Waals surface area (Å²) in [4.78, 5) is 22.0. The van der Waals surface area contributed by atoms with Gasteiger partial charge in [-0.15, -0.1) is 0 Å². The Morgan fingerprint density at radius 3 is 2.80 bits per heavy atom. The van der Waals surface area contributed by atoms with E-state index >= 15 is 0 Å². The number of ether oxygens (including phenoxy) is 1. The SMILES string of the molecule is CC(C)(C)OC(=O)NCCn1cc(-c2cc(F)ccc2[N+](=O)[O-])cn1. The number of nitro benzene ring substituents is 1. The van der Waals surface area contributed by atoms with Gasteiger partial charge in [-0.2, -0.15) is 5.10 Å². The lowest BCUT2D eigenvalue weighted by Crippen LogP contribution is -2.34. The van der Waals surface area contributed by atoms with Crippen molar-refractivity contribution in [2.75, 3.05) is 6.54 Å². The molecule has 2 aromatic rings. The first-order chi connectivity index (χ1) is 11.7. The van der Waals surface area contributed by atoms with Crippen molar-refractivity contribution in [1.29, 1.82) is 0 Å². The van der Waals surface area contributed by atoms with Crippen molar-refractivity contribution in [2.24, 2.45) is 0 Å². The van der Waals surface area contributed by atoms with Crippen LogP contribution in [0.15, 0.2) is 30.6 Å². The summed E-state index contributed by atoms with van der Waals surface area (Å²) in [5.74, 6) is -0.569. The zero-order valence-corrected chi connectivity index (χ0v) is 14.2. The van der Waals surface area contributed by atoms with E-state index in [4.69, 9.17) is 4.74 Å². The van der Waals surface area contributed by atoms with Crippen LogP contribution >= 0.6 is 0 Å². The quantitative estimate of drug-likeness (QED) is 0.660. The molecule has 0 bridgehead atoms. The number of hydrogen-bond donors (Lipinski definition) is 1. The minimum atomic E-state index is -0.584. The van der Waals surface area contributed by atoms with Crippen LogP contribution in [0, 0.1) is 15.9 Å². The van der Waals surface area contributed by atoms with Crippen molar-refractivity contribution in [3.8, 4) is 11.1 Å². The number of halogens is 1. The minimum Gasteiger partial charge on any atom is -0.444 e. The summed E-state index contributed by atoms with van der Waals surface area (Å²) in [6, 6.07) is 3.25. The molecule has 0 aliphatic heterocycles. The van der Waals surface area contributed by atoms with Crippen LogP contribution in [-0.4, -0.2) is 32.9 Å². The molecule has 0 fully saturated rings. The van der Waals surface area contributed by atoms with Gasteiger partial charge < -0.3 is 10.1 Å². The first kappa shape index (κ1) is 18.4. The lowest BCUT2D eigenvalue weighted by molar-refractivity contribution is -0.384. The molecule has 0 unspecified atom stereocenters. The fourth-order valence-corrected chi connectivity index (χ4v) is 2.11. The smallest absolute Gasteiger partial charge is 0.407 e. The minimum absolute atomic E-state index is 0.149. The molecule has 1 aromatic carbocycles. The summed E-state index contributed by atoms with van der Waals surface area (Å²) in [7, 11) is 0. The second kappa shape index (κ2) is 7.29. The lowest BCUT2D eigenvalue weighted by Gasteiger charge is -2.19. The average Bonchev–Trinajstić information content (AvgIpc) is 2.93. The van der Waals surface area contributed by atoms with Gasteiger partial charge in [0, 0.05) is 24.4 Å². The van der Waals surface area contributed by atoms with Gasteiger partial charge in [0.05, 0.1) is 23.2 Å². The van der Waals surface area contributed by atoms with Gasteiger partial charge in [0.2, 0.25) is 0 Å². The molecule has 1 N–H and O–H groups in total. The molecule has 0 atom stereocenters. The Bertz CT molecular complexity index is 783. The van der Waals surface area contributed by atoms with Crippen molar-refractivity contribution in [3.05, 3.63) is 46.5 Å². The van der Waals surface area contributed by atoms with Crippen LogP contribution < -0.4 is 5.32 Å². The maximum absolute atomic E-state index is 13.4. The van der Waals surface area contributed by atoms with Crippen LogP contribution in [0.3, 0.4) is 0 Å². The van der Waals surface area contributed by atoms with Crippen molar-refractivity contribution in [3.63, 3.8) is 0 Å². The number of nitrogens with zero attached hydrogens (tertiary/aromatic N) is 3. The van der Waals surface area contributed by atoms with Gasteiger partial charge >= 0.3 is 6.09 Å². The molecule has 0 aliphatic carbocycles. The predicted octanol–water partition coefficient (Wildman–Crippen LogP) is 3.12. The molecule has 2 rings (SSSR count). The Hall–Kier alpha value is -2.97. The van der Waals surface area contributed by atoms with E-state index in [-0.39, 0.29) is 17.8 Å². The number of carbonyl (C=O) groups is 1. The highest BCUT2D eigenvalue weighted by Crippen LogP contribution is 2.30. The number of aromatic nitrogens is 2. The van der Waals surface area contributed by atoms with E-state index in [1.807, 2.05) is 0 Å². The van der Waals surface area contributed by atoms with Crippen LogP contribution in [0.5, 0.6) is 0 Å². The highest BCUT2D eigenvalue weighted by molar-refractivity contribution is 5.72. The third kappa shape index (κ3) is 5.27. The first-order valence-electron chi connectivity index (χ1n) is 7.59. The van der Waals surface area contributed by atoms with Crippen LogP contribution in [0.2, 0.25) is 0 Å². The molecule has 9 heteroatoms. The maximum atomic E-state index is 13.4. The second-order valence-electron chi connectivity index (χ2n) is 6.34. The van der Waals surface area contributed by atoms with Crippen molar-refractivity contribution in [1.82, 2.24) is 15.1 Å². The summed E-state index contributed by atoms with van der Waals surface area (Å²) in [6.07, 6.45) is 2.42. The summed E-state index contributed by atoms with van der Waals surface area (Å²) in [5, 5.41) is 17.7. The van der Waals surface area contributed by atoms with Crippen LogP contribution in [0.4, 0.5) is 14.9 Å². The topological polar surface area (TPSA) is 99.3 Å². The Morgan fingerprint density at radius 2 is 2.16 bits per heavy atom. The Kier molecular flexibility index (Phi) is 5.35. The van der Waals surface area contributed by atoms with Gasteiger partial charge in [0.25, 0.3) is 5.69 Å². The first-order valence-corrected chi connectivity index (χ1v) is 7.59. The van der Waals surface area contributed by atoms with E-state index in [0.717, 1.165) is 18.2 Å². The van der Waals surface area contributed by atoms with Crippen LogP contribution in [-0.2, 0) is 11.3 Å². The number of nitro groups is 1. The second-order valence-corrected chi connectivity index (χ2v) is 6.34. The van der Waals surface area contributed by atoms with E-state index < -0.39 is 22.4 Å². The predicted molar refractivity (Wildman–Crippen MR) is 88.5 cm³/mol. The standard InChI is InChI=1S/C16H19FN4O4/c1-16(2,3)25-15(22)18-6-7-20-10-11(9-19-20)13-8-12(17)4-5-14(13)21(23)24/h4-5,8-10H,6-7H2,1-3H3,(H,18,22). The molecule has 0 spiro atoms. The fourth-order valence-electron chi connectivity index (χ4n) is 2.11. The molecule has 134 valence electrons. The van der Waals surface area contributed by atoms with E-state index in [2.05, 4.69) is 10.4 Å². The summed E-state index contributed by atoms with van der Waals surface area (Å²) in [5.41, 5.74) is -0.216. The van der Waals surface area contributed by atoms with Crippen molar-refractivity contribution in [2.45, 2.75) is 32.9 Å². The Labute approximate surface area is 143 Å². The molecular weight excluding hydrogens is 331 g/mol. The fraction of sp³-hybridized carbons (Fsp3) is 0.375. The monoisotopic (exact) mass is 350 g/mol. The number of nitrogens with one attached hydrogen (secondary N) is 1. The molecule has 0 radical (unpaired) electrons. The van der Waals surface area contributed by atoms with E-state index in [0.29, 0.717) is 12.1 Å². The van der Waals surface area contributed by atoms with Gasteiger partial charge in [0.15, 0.2) is 0 Å². The Morgan fingerprint density at radius 1 is 1.44 bits per heavy atom. The number of alkyl carbamates (subject to hydrolysis) is 1. The normalized spacial score (nSPS) is 11.2. The number of amides is 1. The van der Waals surface area contributed by atoms with Crippen molar-refractivity contribution < 1.29 is 18.8 Å². The molecule has 1 amide bonds. The highest BCUT2D eigenvalue weighted by Gasteiger charge is 2.18. The Balaban J connectivity index is 2.03. The maximum Gasteiger partial charge on any atom is 0.407 e.